The monoisotopic (exact) mass is 240 g/mol. The summed E-state index contributed by atoms with van der Waals surface area (Å²) in [4.78, 5) is 9.93. The standard InChI is InChI=1S/C6H3BClF3NOS/c8-5-4(12-7-2-13)3(1-14-5)6(9,10)11/h1-2,12H. The number of alkyl halides is 3. The van der Waals surface area contributed by atoms with Crippen LogP contribution in [0, 0.1) is 0 Å². The summed E-state index contributed by atoms with van der Waals surface area (Å²) in [6, 6.07) is 0. The Morgan fingerprint density at radius 1 is 1.57 bits per heavy atom. The van der Waals surface area contributed by atoms with Crippen molar-refractivity contribution in [3.8, 4) is 0 Å². The molecule has 0 unspecified atom stereocenters. The number of halogens is 4. The maximum Gasteiger partial charge on any atom is 0.419 e. The van der Waals surface area contributed by atoms with Gasteiger partial charge in [-0.15, -0.1) is 11.3 Å². The topological polar surface area (TPSA) is 29.1 Å². The molecule has 0 aliphatic carbocycles. The molecule has 1 rings (SSSR count). The number of anilines is 1. The second kappa shape index (κ2) is 4.23. The van der Waals surface area contributed by atoms with Gasteiger partial charge < -0.3 is 10.0 Å². The molecule has 0 fully saturated rings. The van der Waals surface area contributed by atoms with Gasteiger partial charge in [0.15, 0.2) is 0 Å². The van der Waals surface area contributed by atoms with E-state index in [4.69, 9.17) is 11.6 Å². The minimum Gasteiger partial charge on any atom is -0.423 e. The van der Waals surface area contributed by atoms with Crippen LogP contribution in [-0.4, -0.2) is 13.6 Å². The molecule has 0 aliphatic heterocycles. The van der Waals surface area contributed by atoms with Crippen LogP contribution in [0.5, 0.6) is 0 Å². The molecule has 0 aromatic carbocycles. The van der Waals surface area contributed by atoms with Crippen molar-refractivity contribution in [3.63, 3.8) is 0 Å². The number of rotatable bonds is 3. The molecular formula is C6H3BClF3NOS. The van der Waals surface area contributed by atoms with E-state index in [1.165, 1.54) is 0 Å². The summed E-state index contributed by atoms with van der Waals surface area (Å²) in [6.45, 7) is 0. The first-order valence-electron chi connectivity index (χ1n) is 3.34. The minimum absolute atomic E-state index is 0.0320. The van der Waals surface area contributed by atoms with E-state index < -0.39 is 11.7 Å². The molecule has 0 spiro atoms. The van der Waals surface area contributed by atoms with E-state index in [-0.39, 0.29) is 10.0 Å². The molecule has 8 heteroatoms. The number of hydrogen-bond acceptors (Lipinski definition) is 3. The van der Waals surface area contributed by atoms with Crippen molar-refractivity contribution in [2.24, 2.45) is 0 Å². The van der Waals surface area contributed by atoms with Gasteiger partial charge in [0.2, 0.25) is 0 Å². The molecular weight excluding hydrogens is 237 g/mol. The highest BCUT2D eigenvalue weighted by Crippen LogP contribution is 2.42. The van der Waals surface area contributed by atoms with Crippen molar-refractivity contribution in [2.45, 2.75) is 6.18 Å². The molecule has 75 valence electrons. The Morgan fingerprint density at radius 3 is 2.71 bits per heavy atom. The first-order valence-corrected chi connectivity index (χ1v) is 4.60. The average Bonchev–Trinajstić information content (AvgIpc) is 2.42. The van der Waals surface area contributed by atoms with E-state index in [1.807, 2.05) is 0 Å². The van der Waals surface area contributed by atoms with Crippen LogP contribution in [-0.2, 0) is 11.0 Å². The lowest BCUT2D eigenvalue weighted by molar-refractivity contribution is -0.136. The third-order valence-corrected chi connectivity index (χ3v) is 2.57. The Hall–Kier alpha value is -0.685. The molecule has 0 saturated carbocycles. The highest BCUT2D eigenvalue weighted by Gasteiger charge is 2.35. The molecule has 0 amide bonds. The molecule has 2 nitrogen and oxygen atoms in total. The molecule has 1 aromatic heterocycles. The zero-order valence-electron chi connectivity index (χ0n) is 6.56. The first kappa shape index (κ1) is 11.4. The van der Waals surface area contributed by atoms with Gasteiger partial charge in [0.05, 0.1) is 11.3 Å². The first-order chi connectivity index (χ1) is 6.46. The lowest BCUT2D eigenvalue weighted by atomic mass is 9.98. The summed E-state index contributed by atoms with van der Waals surface area (Å²) in [7, 11) is 0.850. The maximum atomic E-state index is 12.3. The lowest BCUT2D eigenvalue weighted by Gasteiger charge is -2.08. The Labute approximate surface area is 87.3 Å². The third-order valence-electron chi connectivity index (χ3n) is 1.35. The zero-order valence-corrected chi connectivity index (χ0v) is 8.13. The Balaban J connectivity index is 3.00. The van der Waals surface area contributed by atoms with Gasteiger partial charge in [-0.25, -0.2) is 0 Å². The summed E-state index contributed by atoms with van der Waals surface area (Å²) < 4.78 is 36.9. The molecule has 0 aliphatic rings. The highest BCUT2D eigenvalue weighted by molar-refractivity contribution is 7.15. The second-order valence-corrected chi connectivity index (χ2v) is 3.72. The van der Waals surface area contributed by atoms with Gasteiger partial charge in [0, 0.05) is 5.38 Å². The fourth-order valence-corrected chi connectivity index (χ4v) is 1.84. The van der Waals surface area contributed by atoms with Crippen LogP contribution in [0.2, 0.25) is 4.34 Å². The fraction of sp³-hybridized carbons (Fsp3) is 0.167. The highest BCUT2D eigenvalue weighted by atomic mass is 35.5. The Morgan fingerprint density at radius 2 is 2.21 bits per heavy atom. The van der Waals surface area contributed by atoms with Crippen molar-refractivity contribution < 1.29 is 18.0 Å². The molecule has 0 bridgehead atoms. The molecule has 14 heavy (non-hydrogen) atoms. The van der Waals surface area contributed by atoms with Gasteiger partial charge in [-0.3, -0.25) is 0 Å². The largest absolute Gasteiger partial charge is 0.423 e. The second-order valence-electron chi connectivity index (χ2n) is 2.24. The number of hydrogen-bond donors (Lipinski definition) is 1. The summed E-state index contributed by atoms with van der Waals surface area (Å²) in [5.41, 5.74) is -1.15. The van der Waals surface area contributed by atoms with Crippen LogP contribution in [0.15, 0.2) is 5.38 Å². The molecule has 1 heterocycles. The molecule has 0 saturated heterocycles. The molecule has 1 radical (unpaired) electrons. The SMILES string of the molecule is O=C[B]Nc1c(C(F)(F)F)csc1Cl. The van der Waals surface area contributed by atoms with Gasteiger partial charge in [0.1, 0.15) is 10.5 Å². The average molecular weight is 240 g/mol. The summed E-state index contributed by atoms with van der Waals surface area (Å²) in [5, 5.41) is 3.08. The fourth-order valence-electron chi connectivity index (χ4n) is 0.795. The molecule has 0 atom stereocenters. The lowest BCUT2D eigenvalue weighted by Crippen LogP contribution is -2.12. The summed E-state index contributed by atoms with van der Waals surface area (Å²) in [5.74, 6) is 0. The van der Waals surface area contributed by atoms with Crippen molar-refractivity contribution in [2.75, 3.05) is 5.23 Å². The normalized spacial score (nSPS) is 11.1. The number of carbonyl (C=O) groups excluding carboxylic acids is 1. The van der Waals surface area contributed by atoms with Crippen molar-refractivity contribution in [1.82, 2.24) is 0 Å². The van der Waals surface area contributed by atoms with Gasteiger partial charge in [-0.2, -0.15) is 13.2 Å². The van der Waals surface area contributed by atoms with Gasteiger partial charge in [-0.05, 0) is 0 Å². The van der Waals surface area contributed by atoms with Crippen LogP contribution in [0.3, 0.4) is 0 Å². The maximum absolute atomic E-state index is 12.3. The van der Waals surface area contributed by atoms with Gasteiger partial charge in [-0.1, -0.05) is 11.6 Å². The quantitative estimate of drug-likeness (QED) is 0.650. The summed E-state index contributed by atoms with van der Waals surface area (Å²) in [6.07, 6.45) is -4.13. The minimum atomic E-state index is -4.47. The predicted octanol–water partition coefficient (Wildman–Crippen LogP) is 2.64. The van der Waals surface area contributed by atoms with E-state index in [0.717, 1.165) is 24.1 Å². The smallest absolute Gasteiger partial charge is 0.419 e. The van der Waals surface area contributed by atoms with E-state index in [1.54, 1.807) is 0 Å². The summed E-state index contributed by atoms with van der Waals surface area (Å²) >= 11 is 6.26. The van der Waals surface area contributed by atoms with E-state index in [2.05, 4.69) is 5.23 Å². The Kier molecular flexibility index (Phi) is 3.44. The van der Waals surface area contributed by atoms with Crippen LogP contribution < -0.4 is 5.23 Å². The zero-order chi connectivity index (χ0) is 10.8. The van der Waals surface area contributed by atoms with Gasteiger partial charge in [0.25, 0.3) is 0 Å². The third kappa shape index (κ3) is 2.42. The van der Waals surface area contributed by atoms with Crippen molar-refractivity contribution >= 4 is 42.2 Å². The van der Waals surface area contributed by atoms with E-state index in [0.29, 0.717) is 6.19 Å². The number of thiophene rings is 1. The van der Waals surface area contributed by atoms with Crippen LogP contribution in [0.4, 0.5) is 18.9 Å². The van der Waals surface area contributed by atoms with E-state index in [9.17, 15) is 18.0 Å². The molecule has 1 aromatic rings. The van der Waals surface area contributed by atoms with Crippen LogP contribution in [0.1, 0.15) is 5.56 Å². The van der Waals surface area contributed by atoms with Crippen LogP contribution in [0.25, 0.3) is 0 Å². The number of carbonyl (C=O) groups is 1. The number of nitrogens with one attached hydrogen (secondary N) is 1. The van der Waals surface area contributed by atoms with Crippen molar-refractivity contribution in [3.05, 3.63) is 15.3 Å². The Bertz CT molecular complexity index is 340. The van der Waals surface area contributed by atoms with Gasteiger partial charge >= 0.3 is 13.6 Å². The van der Waals surface area contributed by atoms with Crippen LogP contribution >= 0.6 is 22.9 Å². The van der Waals surface area contributed by atoms with Crippen molar-refractivity contribution in [1.29, 1.82) is 0 Å². The molecule has 1 N–H and O–H groups in total. The van der Waals surface area contributed by atoms with E-state index >= 15 is 0 Å². The predicted molar refractivity (Wildman–Crippen MR) is 50.5 cm³/mol.